The van der Waals surface area contributed by atoms with E-state index in [1.54, 1.807) is 18.6 Å². The van der Waals surface area contributed by atoms with E-state index in [0.29, 0.717) is 18.3 Å². The molecule has 114 valence electrons. The van der Waals surface area contributed by atoms with E-state index in [2.05, 4.69) is 25.6 Å². The largest absolute Gasteiger partial charge is 0.366 e. The van der Waals surface area contributed by atoms with Crippen LogP contribution >= 0.6 is 0 Å². The van der Waals surface area contributed by atoms with Crippen molar-refractivity contribution in [3.63, 3.8) is 0 Å². The first kappa shape index (κ1) is 14.4. The molecule has 0 atom stereocenters. The maximum atomic E-state index is 12.0. The standard InChI is InChI=1S/C16H19N5O/c22-16(20-9-12-4-3-7-17-8-12)14-10-19-15(11-18-14)21-13-5-1-2-6-13/h3-4,7-8,10-11,13H,1-2,5-6,9H2,(H,19,21)(H,20,22). The minimum Gasteiger partial charge on any atom is -0.366 e. The van der Waals surface area contributed by atoms with Crippen molar-refractivity contribution in [2.45, 2.75) is 38.3 Å². The summed E-state index contributed by atoms with van der Waals surface area (Å²) in [7, 11) is 0. The number of nitrogens with zero attached hydrogens (tertiary/aromatic N) is 3. The summed E-state index contributed by atoms with van der Waals surface area (Å²) in [4.78, 5) is 24.5. The lowest BCUT2D eigenvalue weighted by atomic mass is 10.2. The number of anilines is 1. The Morgan fingerprint density at radius 3 is 2.73 bits per heavy atom. The van der Waals surface area contributed by atoms with E-state index < -0.39 is 0 Å². The highest BCUT2D eigenvalue weighted by atomic mass is 16.1. The van der Waals surface area contributed by atoms with Crippen molar-refractivity contribution in [2.75, 3.05) is 5.32 Å². The third-order valence-corrected chi connectivity index (χ3v) is 3.77. The van der Waals surface area contributed by atoms with Gasteiger partial charge >= 0.3 is 0 Å². The fourth-order valence-corrected chi connectivity index (χ4v) is 2.57. The van der Waals surface area contributed by atoms with Gasteiger partial charge in [0, 0.05) is 25.0 Å². The van der Waals surface area contributed by atoms with Crippen LogP contribution in [0.15, 0.2) is 36.9 Å². The number of hydrogen-bond donors (Lipinski definition) is 2. The van der Waals surface area contributed by atoms with E-state index in [1.807, 2.05) is 12.1 Å². The molecule has 1 saturated carbocycles. The molecule has 1 aliphatic rings. The van der Waals surface area contributed by atoms with Crippen molar-refractivity contribution in [2.24, 2.45) is 0 Å². The molecule has 0 aromatic carbocycles. The van der Waals surface area contributed by atoms with Crippen LogP contribution in [0, 0.1) is 0 Å². The minimum atomic E-state index is -0.233. The maximum absolute atomic E-state index is 12.0. The number of aromatic nitrogens is 3. The summed E-state index contributed by atoms with van der Waals surface area (Å²) in [6.45, 7) is 0.427. The van der Waals surface area contributed by atoms with Gasteiger partial charge in [0.25, 0.3) is 5.91 Å². The van der Waals surface area contributed by atoms with Gasteiger partial charge in [-0.25, -0.2) is 9.97 Å². The molecule has 1 fully saturated rings. The highest BCUT2D eigenvalue weighted by Gasteiger charge is 2.15. The molecule has 1 aliphatic carbocycles. The molecule has 2 heterocycles. The predicted octanol–water partition coefficient (Wildman–Crippen LogP) is 2.16. The Balaban J connectivity index is 1.54. The Kier molecular flexibility index (Phi) is 4.58. The van der Waals surface area contributed by atoms with E-state index in [0.717, 1.165) is 11.4 Å². The summed E-state index contributed by atoms with van der Waals surface area (Å²) in [5.74, 6) is 0.500. The molecule has 3 rings (SSSR count). The number of hydrogen-bond acceptors (Lipinski definition) is 5. The topological polar surface area (TPSA) is 79.8 Å². The van der Waals surface area contributed by atoms with Crippen LogP contribution in [0.1, 0.15) is 41.7 Å². The summed E-state index contributed by atoms with van der Waals surface area (Å²) in [5.41, 5.74) is 1.27. The van der Waals surface area contributed by atoms with Crippen LogP contribution in [0.3, 0.4) is 0 Å². The first-order valence-corrected chi connectivity index (χ1v) is 7.57. The first-order valence-electron chi connectivity index (χ1n) is 7.57. The fourth-order valence-electron chi connectivity index (χ4n) is 2.57. The number of rotatable bonds is 5. The number of pyridine rings is 1. The fraction of sp³-hybridized carbons (Fsp3) is 0.375. The lowest BCUT2D eigenvalue weighted by Gasteiger charge is -2.12. The van der Waals surface area contributed by atoms with E-state index in [4.69, 9.17) is 0 Å². The Morgan fingerprint density at radius 2 is 2.05 bits per heavy atom. The second-order valence-electron chi connectivity index (χ2n) is 5.46. The van der Waals surface area contributed by atoms with Crippen LogP contribution in [-0.4, -0.2) is 26.9 Å². The number of amides is 1. The molecule has 0 unspecified atom stereocenters. The SMILES string of the molecule is O=C(NCc1cccnc1)c1cnc(NC2CCCC2)cn1. The quantitative estimate of drug-likeness (QED) is 0.884. The maximum Gasteiger partial charge on any atom is 0.271 e. The Morgan fingerprint density at radius 1 is 1.18 bits per heavy atom. The van der Waals surface area contributed by atoms with Crippen LogP contribution < -0.4 is 10.6 Å². The molecule has 0 bridgehead atoms. The molecule has 0 aliphatic heterocycles. The normalized spacial score (nSPS) is 14.7. The van der Waals surface area contributed by atoms with Gasteiger partial charge in [-0.2, -0.15) is 0 Å². The van der Waals surface area contributed by atoms with Crippen LogP contribution in [0.4, 0.5) is 5.82 Å². The van der Waals surface area contributed by atoms with Gasteiger partial charge in [0.1, 0.15) is 11.5 Å². The number of nitrogens with one attached hydrogen (secondary N) is 2. The molecule has 0 radical (unpaired) electrons. The van der Waals surface area contributed by atoms with Gasteiger partial charge < -0.3 is 10.6 Å². The van der Waals surface area contributed by atoms with E-state index in [9.17, 15) is 4.79 Å². The van der Waals surface area contributed by atoms with Crippen molar-refractivity contribution in [1.29, 1.82) is 0 Å². The molecule has 2 aromatic rings. The molecular weight excluding hydrogens is 278 g/mol. The average molecular weight is 297 g/mol. The van der Waals surface area contributed by atoms with Crippen molar-refractivity contribution < 1.29 is 4.79 Å². The van der Waals surface area contributed by atoms with Gasteiger partial charge in [0.2, 0.25) is 0 Å². The smallest absolute Gasteiger partial charge is 0.271 e. The zero-order valence-electron chi connectivity index (χ0n) is 12.3. The van der Waals surface area contributed by atoms with Crippen LogP contribution in [0.5, 0.6) is 0 Å². The zero-order chi connectivity index (χ0) is 15.2. The monoisotopic (exact) mass is 297 g/mol. The molecule has 6 nitrogen and oxygen atoms in total. The van der Waals surface area contributed by atoms with Crippen molar-refractivity contribution in [3.8, 4) is 0 Å². The van der Waals surface area contributed by atoms with Gasteiger partial charge in [-0.15, -0.1) is 0 Å². The van der Waals surface area contributed by atoms with Crippen molar-refractivity contribution in [3.05, 3.63) is 48.2 Å². The summed E-state index contributed by atoms with van der Waals surface area (Å²) in [5, 5.41) is 6.16. The Hall–Kier alpha value is -2.50. The van der Waals surface area contributed by atoms with Crippen LogP contribution in [0.2, 0.25) is 0 Å². The summed E-state index contributed by atoms with van der Waals surface area (Å²) in [6, 6.07) is 4.23. The molecule has 2 N–H and O–H groups in total. The van der Waals surface area contributed by atoms with E-state index >= 15 is 0 Å². The lowest BCUT2D eigenvalue weighted by Crippen LogP contribution is -2.24. The van der Waals surface area contributed by atoms with E-state index in [1.165, 1.54) is 31.9 Å². The van der Waals surface area contributed by atoms with Gasteiger partial charge in [-0.3, -0.25) is 9.78 Å². The highest BCUT2D eigenvalue weighted by molar-refractivity contribution is 5.91. The summed E-state index contributed by atoms with van der Waals surface area (Å²) >= 11 is 0. The van der Waals surface area contributed by atoms with Crippen LogP contribution in [0.25, 0.3) is 0 Å². The number of carbonyl (C=O) groups is 1. The third kappa shape index (κ3) is 3.78. The number of carbonyl (C=O) groups excluding carboxylic acids is 1. The Bertz CT molecular complexity index is 608. The zero-order valence-corrected chi connectivity index (χ0v) is 12.3. The summed E-state index contributed by atoms with van der Waals surface area (Å²) in [6.07, 6.45) is 11.4. The van der Waals surface area contributed by atoms with Gasteiger partial charge in [0.05, 0.1) is 12.4 Å². The molecule has 1 amide bonds. The van der Waals surface area contributed by atoms with Crippen molar-refractivity contribution in [1.82, 2.24) is 20.3 Å². The second-order valence-corrected chi connectivity index (χ2v) is 5.46. The Labute approximate surface area is 129 Å². The van der Waals surface area contributed by atoms with Crippen LogP contribution in [-0.2, 0) is 6.54 Å². The second kappa shape index (κ2) is 6.98. The average Bonchev–Trinajstić information content (AvgIpc) is 3.07. The third-order valence-electron chi connectivity index (χ3n) is 3.77. The molecule has 22 heavy (non-hydrogen) atoms. The van der Waals surface area contributed by atoms with Crippen molar-refractivity contribution >= 4 is 11.7 Å². The summed E-state index contributed by atoms with van der Waals surface area (Å²) < 4.78 is 0. The first-order chi connectivity index (χ1) is 10.8. The highest BCUT2D eigenvalue weighted by Crippen LogP contribution is 2.20. The molecule has 2 aromatic heterocycles. The van der Waals surface area contributed by atoms with Gasteiger partial charge in [-0.05, 0) is 24.5 Å². The van der Waals surface area contributed by atoms with Gasteiger partial charge in [-0.1, -0.05) is 18.9 Å². The molecule has 6 heteroatoms. The molecular formula is C16H19N5O. The molecule has 0 spiro atoms. The minimum absolute atomic E-state index is 0.233. The van der Waals surface area contributed by atoms with E-state index in [-0.39, 0.29) is 5.91 Å². The van der Waals surface area contributed by atoms with Gasteiger partial charge in [0.15, 0.2) is 0 Å². The molecule has 0 saturated heterocycles. The lowest BCUT2D eigenvalue weighted by molar-refractivity contribution is 0.0945. The predicted molar refractivity (Wildman–Crippen MR) is 83.3 cm³/mol.